The summed E-state index contributed by atoms with van der Waals surface area (Å²) in [4.78, 5) is 21.3. The first-order valence-corrected chi connectivity index (χ1v) is 10.8. The van der Waals surface area contributed by atoms with Crippen LogP contribution in [0.15, 0.2) is 66.1 Å². The minimum atomic E-state index is -0.0984. The summed E-state index contributed by atoms with van der Waals surface area (Å²) < 4.78 is 3.12. The van der Waals surface area contributed by atoms with Gasteiger partial charge in [-0.15, -0.1) is 0 Å². The minimum absolute atomic E-state index is 0.0984. The first-order chi connectivity index (χ1) is 13.7. The molecule has 1 amide bonds. The van der Waals surface area contributed by atoms with Gasteiger partial charge in [0.2, 0.25) is 0 Å². The maximum Gasteiger partial charge on any atom is 0.251 e. The van der Waals surface area contributed by atoms with Crippen molar-refractivity contribution in [1.82, 2.24) is 19.9 Å². The Bertz CT molecular complexity index is 1070. The van der Waals surface area contributed by atoms with Gasteiger partial charge in [0, 0.05) is 36.7 Å². The fourth-order valence-electron chi connectivity index (χ4n) is 2.83. The smallest absolute Gasteiger partial charge is 0.251 e. The molecule has 0 atom stereocenters. The lowest BCUT2D eigenvalue weighted by Gasteiger charge is -2.09. The second kappa shape index (κ2) is 8.45. The van der Waals surface area contributed by atoms with Crippen LogP contribution >= 0.6 is 23.1 Å². The maximum absolute atomic E-state index is 12.5. The van der Waals surface area contributed by atoms with Gasteiger partial charge in [0.15, 0.2) is 10.3 Å². The Hall–Kier alpha value is -2.84. The van der Waals surface area contributed by atoms with Crippen LogP contribution in [0, 0.1) is 0 Å². The lowest BCUT2D eigenvalue weighted by molar-refractivity contribution is 0.0955. The molecule has 28 heavy (non-hydrogen) atoms. The number of anilines is 1. The molecule has 0 aliphatic heterocycles. The number of carbonyl (C=O) groups is 1. The van der Waals surface area contributed by atoms with E-state index in [0.717, 1.165) is 26.2 Å². The van der Waals surface area contributed by atoms with Crippen LogP contribution in [-0.2, 0) is 0 Å². The number of hydrogen-bond donors (Lipinski definition) is 2. The summed E-state index contributed by atoms with van der Waals surface area (Å²) in [6.45, 7) is 1.13. The first kappa shape index (κ1) is 18.5. The van der Waals surface area contributed by atoms with Gasteiger partial charge in [-0.3, -0.25) is 9.36 Å². The molecule has 0 saturated heterocycles. The van der Waals surface area contributed by atoms with Crippen molar-refractivity contribution in [2.24, 2.45) is 0 Å². The van der Waals surface area contributed by atoms with Gasteiger partial charge in [0.05, 0.1) is 10.2 Å². The van der Waals surface area contributed by atoms with Crippen LogP contribution in [0.3, 0.4) is 0 Å². The molecule has 142 valence electrons. The van der Waals surface area contributed by atoms with Crippen LogP contribution in [0.1, 0.15) is 10.4 Å². The zero-order chi connectivity index (χ0) is 19.3. The van der Waals surface area contributed by atoms with Crippen molar-refractivity contribution in [2.75, 3.05) is 24.7 Å². The highest BCUT2D eigenvalue weighted by atomic mass is 32.2. The van der Waals surface area contributed by atoms with Crippen molar-refractivity contribution >= 4 is 44.4 Å². The summed E-state index contributed by atoms with van der Waals surface area (Å²) in [6.07, 6.45) is 5.63. The third-order valence-corrected chi connectivity index (χ3v) is 5.82. The number of benzene rings is 2. The molecule has 0 saturated carbocycles. The number of rotatable bonds is 7. The average molecular weight is 410 g/mol. The van der Waals surface area contributed by atoms with E-state index in [-0.39, 0.29) is 5.91 Å². The Balaban J connectivity index is 1.34. The number of nitrogens with one attached hydrogen (secondary N) is 2. The SMILES string of the molecule is CSc1nccn1-c1cccc(C(=O)NCCNc2nc3ccccc3s2)c1. The average Bonchev–Trinajstić information content (AvgIpc) is 3.37. The van der Waals surface area contributed by atoms with E-state index in [2.05, 4.69) is 26.7 Å². The highest BCUT2D eigenvalue weighted by molar-refractivity contribution is 7.98. The van der Waals surface area contributed by atoms with Crippen molar-refractivity contribution in [1.29, 1.82) is 0 Å². The van der Waals surface area contributed by atoms with Gasteiger partial charge in [0.1, 0.15) is 0 Å². The lowest BCUT2D eigenvalue weighted by atomic mass is 10.2. The van der Waals surface area contributed by atoms with Gasteiger partial charge in [0.25, 0.3) is 5.91 Å². The Morgan fingerprint density at radius 2 is 2.07 bits per heavy atom. The molecule has 6 nitrogen and oxygen atoms in total. The predicted molar refractivity (Wildman–Crippen MR) is 116 cm³/mol. The molecule has 4 rings (SSSR count). The predicted octanol–water partition coefficient (Wildman–Crippen LogP) is 4.05. The molecule has 0 unspecified atom stereocenters. The number of imidazole rings is 1. The molecule has 0 aliphatic carbocycles. The number of thiazole rings is 1. The molecular formula is C20H19N5OS2. The number of para-hydroxylation sites is 1. The molecule has 2 aromatic heterocycles. The highest BCUT2D eigenvalue weighted by Crippen LogP contribution is 2.25. The Kier molecular flexibility index (Phi) is 5.59. The third kappa shape index (κ3) is 4.02. The van der Waals surface area contributed by atoms with E-state index in [4.69, 9.17) is 0 Å². The van der Waals surface area contributed by atoms with Crippen molar-refractivity contribution < 1.29 is 4.79 Å². The summed E-state index contributed by atoms with van der Waals surface area (Å²) in [5.74, 6) is -0.0984. The Morgan fingerprint density at radius 3 is 2.93 bits per heavy atom. The van der Waals surface area contributed by atoms with Crippen LogP contribution in [0.4, 0.5) is 5.13 Å². The van der Waals surface area contributed by atoms with Crippen molar-refractivity contribution in [3.8, 4) is 5.69 Å². The molecule has 4 aromatic rings. The summed E-state index contributed by atoms with van der Waals surface area (Å²) in [5.41, 5.74) is 2.53. The molecule has 2 N–H and O–H groups in total. The second-order valence-electron chi connectivity index (χ2n) is 6.00. The number of amides is 1. The fraction of sp³-hybridized carbons (Fsp3) is 0.150. The van der Waals surface area contributed by atoms with Gasteiger partial charge in [-0.1, -0.05) is 41.3 Å². The molecule has 0 spiro atoms. The summed E-state index contributed by atoms with van der Waals surface area (Å²) >= 11 is 3.18. The molecule has 2 heterocycles. The molecule has 0 aliphatic rings. The standard InChI is InChI=1S/C20H19N5OS2/c1-27-20-23-11-12-25(20)15-6-4-5-14(13-15)18(26)21-9-10-22-19-24-16-7-2-3-8-17(16)28-19/h2-8,11-13H,9-10H2,1H3,(H,21,26)(H,22,24). The topological polar surface area (TPSA) is 71.8 Å². The number of hydrogen-bond acceptors (Lipinski definition) is 6. The number of carbonyl (C=O) groups excluding carboxylic acids is 1. The number of fused-ring (bicyclic) bond motifs is 1. The van der Waals surface area contributed by atoms with E-state index in [1.165, 1.54) is 0 Å². The van der Waals surface area contributed by atoms with E-state index in [0.29, 0.717) is 18.7 Å². The molecule has 2 aromatic carbocycles. The monoisotopic (exact) mass is 409 g/mol. The van der Waals surface area contributed by atoms with Gasteiger partial charge in [-0.2, -0.15) is 0 Å². The number of nitrogens with zero attached hydrogens (tertiary/aromatic N) is 3. The molecule has 0 bridgehead atoms. The summed E-state index contributed by atoms with van der Waals surface area (Å²) in [6, 6.07) is 15.6. The van der Waals surface area contributed by atoms with Gasteiger partial charge < -0.3 is 10.6 Å². The van der Waals surface area contributed by atoms with E-state index < -0.39 is 0 Å². The first-order valence-electron chi connectivity index (χ1n) is 8.80. The zero-order valence-corrected chi connectivity index (χ0v) is 16.9. The van der Waals surface area contributed by atoms with Crippen LogP contribution in [0.5, 0.6) is 0 Å². The molecule has 0 radical (unpaired) electrons. The van der Waals surface area contributed by atoms with Crippen LogP contribution in [0.2, 0.25) is 0 Å². The van der Waals surface area contributed by atoms with E-state index >= 15 is 0 Å². The minimum Gasteiger partial charge on any atom is -0.360 e. The zero-order valence-electron chi connectivity index (χ0n) is 15.3. The quantitative estimate of drug-likeness (QED) is 0.356. The summed E-state index contributed by atoms with van der Waals surface area (Å²) in [5, 5.41) is 7.97. The van der Waals surface area contributed by atoms with E-state index in [9.17, 15) is 4.79 Å². The second-order valence-corrected chi connectivity index (χ2v) is 7.81. The lowest BCUT2D eigenvalue weighted by Crippen LogP contribution is -2.28. The summed E-state index contributed by atoms with van der Waals surface area (Å²) in [7, 11) is 0. The Morgan fingerprint density at radius 1 is 1.18 bits per heavy atom. The van der Waals surface area contributed by atoms with Gasteiger partial charge in [-0.05, 0) is 36.6 Å². The van der Waals surface area contributed by atoms with Crippen LogP contribution in [-0.4, -0.2) is 39.8 Å². The van der Waals surface area contributed by atoms with Gasteiger partial charge >= 0.3 is 0 Å². The van der Waals surface area contributed by atoms with Crippen molar-refractivity contribution in [3.63, 3.8) is 0 Å². The van der Waals surface area contributed by atoms with Gasteiger partial charge in [-0.25, -0.2) is 9.97 Å². The Labute approximate surface area is 171 Å². The normalized spacial score (nSPS) is 10.9. The van der Waals surface area contributed by atoms with E-state index in [1.807, 2.05) is 59.5 Å². The largest absolute Gasteiger partial charge is 0.360 e. The molecule has 8 heteroatoms. The van der Waals surface area contributed by atoms with Crippen molar-refractivity contribution in [2.45, 2.75) is 5.16 Å². The van der Waals surface area contributed by atoms with Crippen LogP contribution < -0.4 is 10.6 Å². The number of thioether (sulfide) groups is 1. The molecular weight excluding hydrogens is 390 g/mol. The van der Waals surface area contributed by atoms with E-state index in [1.54, 1.807) is 29.3 Å². The highest BCUT2D eigenvalue weighted by Gasteiger charge is 2.09. The molecule has 0 fully saturated rings. The third-order valence-electron chi connectivity index (χ3n) is 4.16. The van der Waals surface area contributed by atoms with Crippen molar-refractivity contribution in [3.05, 3.63) is 66.5 Å². The maximum atomic E-state index is 12.5. The number of aromatic nitrogens is 3. The fourth-order valence-corrected chi connectivity index (χ4v) is 4.25. The van der Waals surface area contributed by atoms with Crippen LogP contribution in [0.25, 0.3) is 15.9 Å².